The van der Waals surface area contributed by atoms with Crippen LogP contribution in [0.15, 0.2) is 47.0 Å². The second kappa shape index (κ2) is 5.63. The van der Waals surface area contributed by atoms with Crippen molar-refractivity contribution in [2.24, 2.45) is 0 Å². The quantitative estimate of drug-likeness (QED) is 0.744. The molecule has 1 aliphatic rings. The van der Waals surface area contributed by atoms with Crippen LogP contribution in [-0.4, -0.2) is 38.9 Å². The molecular formula is C18H18N4O2. The second-order valence-corrected chi connectivity index (χ2v) is 6.14. The van der Waals surface area contributed by atoms with Crippen LogP contribution >= 0.6 is 0 Å². The summed E-state index contributed by atoms with van der Waals surface area (Å²) in [7, 11) is 0. The number of hydrogen-bond donors (Lipinski definition) is 0. The normalized spacial score (nSPS) is 14.7. The van der Waals surface area contributed by atoms with Gasteiger partial charge in [-0.1, -0.05) is 35.5 Å². The zero-order valence-electron chi connectivity index (χ0n) is 13.6. The molecule has 6 heteroatoms. The molecule has 0 atom stereocenters. The minimum absolute atomic E-state index is 0.0176. The molecule has 0 unspecified atom stereocenters. The lowest BCUT2D eigenvalue weighted by Crippen LogP contribution is -2.50. The van der Waals surface area contributed by atoms with Gasteiger partial charge in [0, 0.05) is 18.7 Å². The Labute approximate surface area is 139 Å². The summed E-state index contributed by atoms with van der Waals surface area (Å²) >= 11 is 0. The van der Waals surface area contributed by atoms with Gasteiger partial charge < -0.3 is 9.32 Å². The minimum Gasteiger partial charge on any atom is -0.466 e. The predicted octanol–water partition coefficient (Wildman–Crippen LogP) is 2.85. The first-order valence-corrected chi connectivity index (χ1v) is 7.95. The first kappa shape index (κ1) is 14.7. The van der Waals surface area contributed by atoms with E-state index in [0.717, 1.165) is 17.0 Å². The highest BCUT2D eigenvalue weighted by atomic mass is 16.3. The number of hydrogen-bond acceptors (Lipinski definition) is 4. The van der Waals surface area contributed by atoms with Gasteiger partial charge in [-0.25, -0.2) is 4.68 Å². The molecule has 1 fully saturated rings. The van der Waals surface area contributed by atoms with Crippen LogP contribution in [0, 0.1) is 13.8 Å². The van der Waals surface area contributed by atoms with E-state index in [1.807, 2.05) is 60.0 Å². The van der Waals surface area contributed by atoms with Crippen LogP contribution in [0.4, 0.5) is 0 Å². The first-order valence-electron chi connectivity index (χ1n) is 7.95. The van der Waals surface area contributed by atoms with Gasteiger partial charge >= 0.3 is 0 Å². The van der Waals surface area contributed by atoms with E-state index in [1.54, 1.807) is 6.07 Å². The van der Waals surface area contributed by atoms with Crippen LogP contribution in [0.1, 0.15) is 27.9 Å². The molecule has 0 bridgehead atoms. The maximum atomic E-state index is 12.5. The molecule has 0 aliphatic carbocycles. The molecule has 1 aromatic carbocycles. The predicted molar refractivity (Wildman–Crippen MR) is 88.6 cm³/mol. The minimum atomic E-state index is 0.0176. The van der Waals surface area contributed by atoms with Crippen LogP contribution in [0.5, 0.6) is 0 Å². The van der Waals surface area contributed by atoms with Crippen LogP contribution in [0.25, 0.3) is 11.3 Å². The lowest BCUT2D eigenvalue weighted by molar-refractivity contribution is 0.0496. The molecule has 0 saturated carbocycles. The summed E-state index contributed by atoms with van der Waals surface area (Å²) in [6.45, 7) is 4.95. The molecule has 122 valence electrons. The Kier molecular flexibility index (Phi) is 3.45. The van der Waals surface area contributed by atoms with E-state index in [2.05, 4.69) is 10.3 Å². The van der Waals surface area contributed by atoms with Crippen LogP contribution in [0.2, 0.25) is 0 Å². The van der Waals surface area contributed by atoms with Crippen molar-refractivity contribution in [1.82, 2.24) is 19.9 Å². The number of amides is 1. The van der Waals surface area contributed by atoms with Crippen LogP contribution in [-0.2, 0) is 0 Å². The monoisotopic (exact) mass is 322 g/mol. The van der Waals surface area contributed by atoms with E-state index in [0.29, 0.717) is 24.4 Å². The van der Waals surface area contributed by atoms with E-state index < -0.39 is 0 Å². The second-order valence-electron chi connectivity index (χ2n) is 6.14. The Hall–Kier alpha value is -2.89. The van der Waals surface area contributed by atoms with Gasteiger partial charge in [-0.05, 0) is 19.9 Å². The van der Waals surface area contributed by atoms with Gasteiger partial charge in [0.05, 0.1) is 17.8 Å². The summed E-state index contributed by atoms with van der Waals surface area (Å²) in [6.07, 6.45) is 1.94. The first-order chi connectivity index (χ1) is 11.6. The molecule has 0 radical (unpaired) electrons. The topological polar surface area (TPSA) is 64.2 Å². The Morgan fingerprint density at radius 1 is 1.21 bits per heavy atom. The van der Waals surface area contributed by atoms with Gasteiger partial charge in [0.25, 0.3) is 5.91 Å². The van der Waals surface area contributed by atoms with Crippen LogP contribution < -0.4 is 0 Å². The summed E-state index contributed by atoms with van der Waals surface area (Å²) in [5, 5.41) is 8.44. The molecular weight excluding hydrogens is 304 g/mol. The lowest BCUT2D eigenvalue weighted by atomic mass is 10.1. The molecule has 2 aromatic heterocycles. The van der Waals surface area contributed by atoms with Crippen molar-refractivity contribution in [3.05, 3.63) is 59.7 Å². The Morgan fingerprint density at radius 3 is 2.62 bits per heavy atom. The Balaban J connectivity index is 1.44. The summed E-state index contributed by atoms with van der Waals surface area (Å²) in [4.78, 5) is 14.3. The molecule has 0 N–H and O–H groups in total. The summed E-state index contributed by atoms with van der Waals surface area (Å²) in [6, 6.07) is 11.9. The number of furan rings is 1. The van der Waals surface area contributed by atoms with Crippen molar-refractivity contribution in [2.75, 3.05) is 13.1 Å². The molecule has 6 nitrogen and oxygen atoms in total. The number of aromatic nitrogens is 3. The standard InChI is InChI=1S/C18H18N4O2/c1-12-8-16(13(2)24-12)18(23)21-9-15(10-21)22-11-17(19-20-22)14-6-4-3-5-7-14/h3-8,11,15H,9-10H2,1-2H3. The van der Waals surface area contributed by atoms with Gasteiger partial charge in [0.15, 0.2) is 0 Å². The van der Waals surface area contributed by atoms with Crippen molar-refractivity contribution in [2.45, 2.75) is 19.9 Å². The number of benzene rings is 1. The Bertz CT molecular complexity index is 876. The fraction of sp³-hybridized carbons (Fsp3) is 0.278. The van der Waals surface area contributed by atoms with E-state index in [4.69, 9.17) is 4.42 Å². The Morgan fingerprint density at radius 2 is 1.96 bits per heavy atom. The van der Waals surface area contributed by atoms with E-state index in [-0.39, 0.29) is 11.9 Å². The van der Waals surface area contributed by atoms with Gasteiger partial charge in [-0.3, -0.25) is 4.79 Å². The molecule has 3 heterocycles. The molecule has 1 amide bonds. The van der Waals surface area contributed by atoms with Gasteiger partial charge in [-0.2, -0.15) is 0 Å². The van der Waals surface area contributed by atoms with Gasteiger partial charge in [0.1, 0.15) is 17.2 Å². The highest BCUT2D eigenvalue weighted by molar-refractivity contribution is 5.95. The number of rotatable bonds is 3. The van der Waals surface area contributed by atoms with Crippen molar-refractivity contribution in [3.8, 4) is 11.3 Å². The smallest absolute Gasteiger partial charge is 0.257 e. The number of likely N-dealkylation sites (tertiary alicyclic amines) is 1. The fourth-order valence-corrected chi connectivity index (χ4v) is 3.00. The zero-order valence-corrected chi connectivity index (χ0v) is 13.6. The van der Waals surface area contributed by atoms with Gasteiger partial charge in [0.2, 0.25) is 0 Å². The maximum absolute atomic E-state index is 12.5. The number of aryl methyl sites for hydroxylation is 2. The van der Waals surface area contributed by atoms with Crippen molar-refractivity contribution >= 4 is 5.91 Å². The van der Waals surface area contributed by atoms with E-state index in [9.17, 15) is 4.79 Å². The highest BCUT2D eigenvalue weighted by Crippen LogP contribution is 2.26. The lowest BCUT2D eigenvalue weighted by Gasteiger charge is -2.38. The van der Waals surface area contributed by atoms with Crippen LogP contribution in [0.3, 0.4) is 0 Å². The number of nitrogens with zero attached hydrogens (tertiary/aromatic N) is 4. The summed E-state index contributed by atoms with van der Waals surface area (Å²) in [5.74, 6) is 1.45. The highest BCUT2D eigenvalue weighted by Gasteiger charge is 2.34. The summed E-state index contributed by atoms with van der Waals surface area (Å²) in [5.41, 5.74) is 2.54. The molecule has 4 rings (SSSR count). The summed E-state index contributed by atoms with van der Waals surface area (Å²) < 4.78 is 7.29. The molecule has 3 aromatic rings. The van der Waals surface area contributed by atoms with Gasteiger partial charge in [-0.15, -0.1) is 5.10 Å². The van der Waals surface area contributed by atoms with E-state index >= 15 is 0 Å². The van der Waals surface area contributed by atoms with Crippen molar-refractivity contribution < 1.29 is 9.21 Å². The third-order valence-electron chi connectivity index (χ3n) is 4.37. The molecule has 0 spiro atoms. The zero-order chi connectivity index (χ0) is 16.7. The molecule has 1 aliphatic heterocycles. The SMILES string of the molecule is Cc1cc(C(=O)N2CC(n3cc(-c4ccccc4)nn3)C2)c(C)o1. The average Bonchev–Trinajstić information content (AvgIpc) is 3.13. The van der Waals surface area contributed by atoms with Crippen molar-refractivity contribution in [3.63, 3.8) is 0 Å². The maximum Gasteiger partial charge on any atom is 0.257 e. The average molecular weight is 322 g/mol. The van der Waals surface area contributed by atoms with Crippen molar-refractivity contribution in [1.29, 1.82) is 0 Å². The van der Waals surface area contributed by atoms with E-state index in [1.165, 1.54) is 0 Å². The molecule has 24 heavy (non-hydrogen) atoms. The number of carbonyl (C=O) groups excluding carboxylic acids is 1. The largest absolute Gasteiger partial charge is 0.466 e. The third kappa shape index (κ3) is 2.50. The fourth-order valence-electron chi connectivity index (χ4n) is 3.00. The number of carbonyl (C=O) groups is 1. The molecule has 1 saturated heterocycles. The third-order valence-corrected chi connectivity index (χ3v) is 4.37.